The van der Waals surface area contributed by atoms with Crippen LogP contribution in [0.5, 0.6) is 0 Å². The number of rotatable bonds is 10. The van der Waals surface area contributed by atoms with E-state index in [1.807, 2.05) is 18.2 Å². The summed E-state index contributed by atoms with van der Waals surface area (Å²) in [5, 5.41) is 24.1. The molecule has 8 nitrogen and oxygen atoms in total. The summed E-state index contributed by atoms with van der Waals surface area (Å²) in [6.07, 6.45) is 0. The van der Waals surface area contributed by atoms with Crippen LogP contribution in [0.15, 0.2) is 449 Å². The summed E-state index contributed by atoms with van der Waals surface area (Å²) < 4.78 is 9.34. The molecule has 21 aromatic carbocycles. The Morgan fingerprint density at radius 1 is 0.141 bits per heavy atom. The molecule has 6 heterocycles. The number of hydrogen-bond acceptors (Lipinski definition) is 4. The van der Waals surface area contributed by atoms with E-state index in [9.17, 15) is 0 Å². The fraction of sp³-hybridized carbons (Fsp3) is 0. The highest BCUT2D eigenvalue weighted by Crippen LogP contribution is 2.46. The largest absolute Gasteiger partial charge is 0.309 e. The minimum absolute atomic E-state index is 0.655. The van der Waals surface area contributed by atoms with Gasteiger partial charge in [0, 0.05) is 76.4 Å². The topological polar surface area (TPSA) is 71.3 Å². The molecule has 0 spiro atoms. The first-order chi connectivity index (χ1) is 63.4. The van der Waals surface area contributed by atoms with Crippen molar-refractivity contribution < 1.29 is 0 Å². The molecule has 0 aliphatic rings. The fourth-order valence-electron chi connectivity index (χ4n) is 20.4. The Kier molecular flexibility index (Phi) is 16.6. The van der Waals surface area contributed by atoms with Crippen molar-refractivity contribution in [1.29, 1.82) is 0 Å². The zero-order valence-corrected chi connectivity index (χ0v) is 69.3. The van der Waals surface area contributed by atoms with E-state index in [2.05, 4.69) is 449 Å². The Balaban J connectivity index is 0.000000136. The van der Waals surface area contributed by atoms with Crippen molar-refractivity contribution in [3.8, 4) is 90.3 Å². The number of nitrogens with zero attached hydrogens (tertiary/aromatic N) is 8. The molecule has 594 valence electrons. The van der Waals surface area contributed by atoms with E-state index in [1.165, 1.54) is 131 Å². The highest BCUT2D eigenvalue weighted by Gasteiger charge is 2.25. The Morgan fingerprint density at radius 3 is 0.836 bits per heavy atom. The number of para-hydroxylation sites is 3. The third-order valence-corrected chi connectivity index (χ3v) is 26.4. The van der Waals surface area contributed by atoms with Gasteiger partial charge in [0.1, 0.15) is 0 Å². The zero-order chi connectivity index (χ0) is 84.0. The molecule has 0 N–H and O–H groups in total. The van der Waals surface area contributed by atoms with Crippen LogP contribution in [-0.4, -0.2) is 38.2 Å². The molecule has 0 aliphatic carbocycles. The molecule has 27 aromatic rings. The van der Waals surface area contributed by atoms with Gasteiger partial charge in [-0.25, -0.2) is 19.9 Å². The SMILES string of the molecule is c1ccc(-c2nc(-n3c4ccc(-c5ccc6c(c5)c5c7ccccc7ccc5n6-c5ccc(-c6ccc7ccccc7c6)cc5)cc4c4c5ccccc5ccc43)nc3ccccc23)cc1.c1ccc(-c2nc(-n3c4ccccc4c4cc(-c5ccc6c(c5)c5c7ccccc7ccc5n6-c5ccc(-c6ccc7ccccc7c6)cc5)ccc43)nc3ccccc23)cc1. The summed E-state index contributed by atoms with van der Waals surface area (Å²) in [7, 11) is 0. The summed E-state index contributed by atoms with van der Waals surface area (Å²) in [5.41, 5.74) is 26.6. The van der Waals surface area contributed by atoms with Gasteiger partial charge < -0.3 is 9.13 Å². The van der Waals surface area contributed by atoms with Crippen LogP contribution in [0.1, 0.15) is 0 Å². The van der Waals surface area contributed by atoms with Gasteiger partial charge in [-0.2, -0.15) is 0 Å². The van der Waals surface area contributed by atoms with Gasteiger partial charge in [0.25, 0.3) is 0 Å². The first-order valence-electron chi connectivity index (χ1n) is 43.7. The summed E-state index contributed by atoms with van der Waals surface area (Å²) in [6.45, 7) is 0. The highest BCUT2D eigenvalue weighted by atomic mass is 15.2. The molecular weight excluding hydrogens is 1550 g/mol. The maximum absolute atomic E-state index is 5.37. The second kappa shape index (κ2) is 29.2. The molecule has 0 unspecified atom stereocenters. The van der Waals surface area contributed by atoms with Crippen molar-refractivity contribution in [2.24, 2.45) is 0 Å². The molecule has 0 amide bonds. The van der Waals surface area contributed by atoms with Gasteiger partial charge in [-0.3, -0.25) is 9.13 Å². The summed E-state index contributed by atoms with van der Waals surface area (Å²) in [6, 6.07) is 162. The van der Waals surface area contributed by atoms with Gasteiger partial charge in [-0.1, -0.05) is 328 Å². The predicted molar refractivity (Wildman–Crippen MR) is 537 cm³/mol. The molecule has 0 saturated heterocycles. The van der Waals surface area contributed by atoms with Crippen LogP contribution in [0.4, 0.5) is 0 Å². The molecule has 0 saturated carbocycles. The van der Waals surface area contributed by atoms with Crippen LogP contribution in [0.3, 0.4) is 0 Å². The van der Waals surface area contributed by atoms with E-state index < -0.39 is 0 Å². The van der Waals surface area contributed by atoms with Gasteiger partial charge in [0.2, 0.25) is 11.9 Å². The first kappa shape index (κ1) is 72.4. The average Bonchev–Trinajstić information content (AvgIpc) is 1.56. The number of aromatic nitrogens is 8. The molecule has 27 rings (SSSR count). The van der Waals surface area contributed by atoms with Crippen molar-refractivity contribution in [2.45, 2.75) is 0 Å². The lowest BCUT2D eigenvalue weighted by Crippen LogP contribution is -2.03. The third-order valence-electron chi connectivity index (χ3n) is 26.4. The van der Waals surface area contributed by atoms with E-state index in [-0.39, 0.29) is 0 Å². The molecule has 0 atom stereocenters. The first-order valence-corrected chi connectivity index (χ1v) is 43.7. The van der Waals surface area contributed by atoms with E-state index in [0.717, 1.165) is 111 Å². The quantitative estimate of drug-likeness (QED) is 0.137. The van der Waals surface area contributed by atoms with Crippen LogP contribution < -0.4 is 0 Å². The third kappa shape index (κ3) is 11.8. The Bertz CT molecular complexity index is 9260. The molecule has 0 bridgehead atoms. The number of benzene rings is 21. The maximum Gasteiger partial charge on any atom is 0.235 e. The van der Waals surface area contributed by atoms with Gasteiger partial charge in [0.15, 0.2) is 0 Å². The number of hydrogen-bond donors (Lipinski definition) is 0. The minimum Gasteiger partial charge on any atom is -0.309 e. The lowest BCUT2D eigenvalue weighted by Gasteiger charge is -2.12. The van der Waals surface area contributed by atoms with E-state index in [4.69, 9.17) is 19.9 Å². The molecule has 0 fully saturated rings. The van der Waals surface area contributed by atoms with Crippen molar-refractivity contribution in [3.05, 3.63) is 449 Å². The highest BCUT2D eigenvalue weighted by molar-refractivity contribution is 6.25. The molecule has 0 radical (unpaired) electrons. The normalized spacial score (nSPS) is 11.9. The monoisotopic (exact) mass is 1630 g/mol. The molecule has 128 heavy (non-hydrogen) atoms. The second-order valence-corrected chi connectivity index (χ2v) is 33.6. The minimum atomic E-state index is 0.655. The van der Waals surface area contributed by atoms with Crippen molar-refractivity contribution >= 4 is 163 Å². The van der Waals surface area contributed by atoms with Crippen molar-refractivity contribution in [2.75, 3.05) is 0 Å². The predicted octanol–water partition coefficient (Wildman–Crippen LogP) is 31.4. The summed E-state index contributed by atoms with van der Waals surface area (Å²) in [5.74, 6) is 1.31. The van der Waals surface area contributed by atoms with Crippen LogP contribution >= 0.6 is 0 Å². The Hall–Kier alpha value is -17.2. The summed E-state index contributed by atoms with van der Waals surface area (Å²) in [4.78, 5) is 21.1. The van der Waals surface area contributed by atoms with E-state index in [1.54, 1.807) is 0 Å². The Labute approximate surface area is 735 Å². The van der Waals surface area contributed by atoms with Gasteiger partial charge in [-0.15, -0.1) is 0 Å². The smallest absolute Gasteiger partial charge is 0.235 e. The zero-order valence-electron chi connectivity index (χ0n) is 69.3. The molecular formula is C120H74N8. The lowest BCUT2D eigenvalue weighted by molar-refractivity contribution is 1.01. The fourth-order valence-corrected chi connectivity index (χ4v) is 20.4. The Morgan fingerprint density at radius 2 is 0.414 bits per heavy atom. The maximum atomic E-state index is 5.37. The van der Waals surface area contributed by atoms with Crippen molar-refractivity contribution in [3.63, 3.8) is 0 Å². The van der Waals surface area contributed by atoms with Crippen LogP contribution in [0.25, 0.3) is 253 Å². The summed E-state index contributed by atoms with van der Waals surface area (Å²) >= 11 is 0. The average molecular weight is 1630 g/mol. The molecule has 0 aliphatic heterocycles. The van der Waals surface area contributed by atoms with Crippen LogP contribution in [0.2, 0.25) is 0 Å². The molecule has 8 heteroatoms. The van der Waals surface area contributed by atoms with Crippen LogP contribution in [0, 0.1) is 0 Å². The van der Waals surface area contributed by atoms with Crippen molar-refractivity contribution in [1.82, 2.24) is 38.2 Å². The number of fused-ring (bicyclic) bond motifs is 22. The van der Waals surface area contributed by atoms with Gasteiger partial charge >= 0.3 is 0 Å². The molecule has 6 aromatic heterocycles. The van der Waals surface area contributed by atoms with Gasteiger partial charge in [0.05, 0.1) is 66.6 Å². The standard InChI is InChI=1S/C62H38N4.C58H36N4/c1-2-15-43(16-3-1)61-51-20-10-11-21-54(51)63-62(64-61)66-56-33-29-47(38-53(56)60-50-19-9-7-14-42(50)27-35-58(60)66)46-28-32-55-52(37-46)59-49-18-8-6-13-41(49)26-34-57(59)65(55)48-30-24-40(25-31-48)45-23-22-39-12-4-5-17-44(39)36-45;1-2-14-40(15-3-1)57-48-19-8-10-20-51(48)59-58(60-57)62-52-21-11-9-18-47(52)49-35-43(27-31-53(49)62)44-28-32-54-50(36-44)56-46-17-7-6-13-39(46)26-33-55(56)61(54)45-29-24-38(25-30-45)42-23-22-37-12-4-5-16-41(37)34-42/h1-38H;1-36H. The van der Waals surface area contributed by atoms with E-state index in [0.29, 0.717) is 11.9 Å². The van der Waals surface area contributed by atoms with E-state index >= 15 is 0 Å². The second-order valence-electron chi connectivity index (χ2n) is 33.6. The van der Waals surface area contributed by atoms with Gasteiger partial charge in [-0.05, 0) is 220 Å². The van der Waals surface area contributed by atoms with Crippen LogP contribution in [-0.2, 0) is 0 Å². The lowest BCUT2D eigenvalue weighted by atomic mass is 9.98.